The van der Waals surface area contributed by atoms with Crippen molar-refractivity contribution in [3.05, 3.63) is 93.5 Å². The Morgan fingerprint density at radius 2 is 1.69 bits per heavy atom. The topological polar surface area (TPSA) is 86.7 Å². The maximum atomic E-state index is 10.9. The molecule has 0 aliphatic rings. The smallest absolute Gasteiger partial charge is 0.258 e. The summed E-state index contributed by atoms with van der Waals surface area (Å²) in [6, 6.07) is 22.0. The number of nitro benzene ring substituents is 1. The van der Waals surface area contributed by atoms with Crippen molar-refractivity contribution >= 4 is 50.0 Å². The van der Waals surface area contributed by atoms with E-state index in [1.807, 2.05) is 54.6 Å². The van der Waals surface area contributed by atoms with Gasteiger partial charge >= 0.3 is 0 Å². The van der Waals surface area contributed by atoms with Crippen molar-refractivity contribution in [2.75, 3.05) is 0 Å². The van der Waals surface area contributed by atoms with Crippen LogP contribution in [0.2, 0.25) is 0 Å². The first kappa shape index (κ1) is 17.2. The molecule has 29 heavy (non-hydrogen) atoms. The van der Waals surface area contributed by atoms with E-state index in [2.05, 4.69) is 10.3 Å². The molecule has 0 saturated heterocycles. The molecule has 3 aromatic carbocycles. The predicted octanol–water partition coefficient (Wildman–Crippen LogP) is 5.00. The summed E-state index contributed by atoms with van der Waals surface area (Å²) in [4.78, 5) is 15.3. The van der Waals surface area contributed by atoms with Gasteiger partial charge in [-0.2, -0.15) is 0 Å². The zero-order valence-corrected chi connectivity index (χ0v) is 15.8. The summed E-state index contributed by atoms with van der Waals surface area (Å²) in [5.74, 6) is 0. The van der Waals surface area contributed by atoms with E-state index in [-0.39, 0.29) is 5.69 Å². The van der Waals surface area contributed by atoms with E-state index in [4.69, 9.17) is 4.98 Å². The normalized spacial score (nSPS) is 11.9. The Bertz CT molecular complexity index is 1350. The lowest BCUT2D eigenvalue weighted by Gasteiger charge is -2.06. The van der Waals surface area contributed by atoms with Gasteiger partial charge in [0.25, 0.3) is 5.69 Å². The highest BCUT2D eigenvalue weighted by Gasteiger charge is 2.15. The molecule has 5 aromatic rings. The van der Waals surface area contributed by atoms with Gasteiger partial charge in [-0.3, -0.25) is 10.1 Å². The molecule has 0 aliphatic heterocycles. The molecule has 0 aliphatic carbocycles. The van der Waals surface area contributed by atoms with Crippen molar-refractivity contribution in [2.45, 2.75) is 0 Å². The third kappa shape index (κ3) is 3.15. The minimum atomic E-state index is -0.410. The van der Waals surface area contributed by atoms with Gasteiger partial charge in [-0.15, -0.1) is 16.4 Å². The fourth-order valence-corrected chi connectivity index (χ4v) is 4.06. The Morgan fingerprint density at radius 1 is 0.966 bits per heavy atom. The molecule has 0 unspecified atom stereocenters. The molecule has 2 heterocycles. The Morgan fingerprint density at radius 3 is 2.45 bits per heavy atom. The van der Waals surface area contributed by atoms with Crippen LogP contribution in [0.5, 0.6) is 0 Å². The summed E-state index contributed by atoms with van der Waals surface area (Å²) < 4.78 is 2.83. The third-order valence-electron chi connectivity index (χ3n) is 4.50. The van der Waals surface area contributed by atoms with Gasteiger partial charge in [0.2, 0.25) is 0 Å². The largest absolute Gasteiger partial charge is 0.269 e. The molecule has 0 saturated carbocycles. The molecule has 0 amide bonds. The van der Waals surface area contributed by atoms with Crippen molar-refractivity contribution in [1.29, 1.82) is 0 Å². The lowest BCUT2D eigenvalue weighted by atomic mass is 10.1. The van der Waals surface area contributed by atoms with Crippen LogP contribution >= 0.6 is 11.3 Å². The summed E-state index contributed by atoms with van der Waals surface area (Å²) in [5, 5.41) is 20.3. The van der Waals surface area contributed by atoms with E-state index < -0.39 is 4.92 Å². The highest BCUT2D eigenvalue weighted by atomic mass is 32.1. The van der Waals surface area contributed by atoms with Crippen molar-refractivity contribution in [3.8, 4) is 0 Å². The number of fused-ring (bicyclic) bond motifs is 2. The van der Waals surface area contributed by atoms with Crippen molar-refractivity contribution in [3.63, 3.8) is 0 Å². The highest BCUT2D eigenvalue weighted by Crippen LogP contribution is 2.31. The number of rotatable bonds is 4. The van der Waals surface area contributed by atoms with E-state index in [0.29, 0.717) is 0 Å². The zero-order valence-electron chi connectivity index (χ0n) is 15.0. The third-order valence-corrected chi connectivity index (χ3v) is 5.56. The van der Waals surface area contributed by atoms with Crippen LogP contribution in [-0.2, 0) is 0 Å². The molecule has 8 heteroatoms. The van der Waals surface area contributed by atoms with E-state index in [0.717, 1.165) is 37.5 Å². The summed E-state index contributed by atoms with van der Waals surface area (Å²) in [6.45, 7) is 0. The fourth-order valence-electron chi connectivity index (χ4n) is 3.09. The molecule has 0 radical (unpaired) electrons. The summed E-state index contributed by atoms with van der Waals surface area (Å²) in [5.41, 5.74) is 4.17. The van der Waals surface area contributed by atoms with Crippen LogP contribution in [0.4, 0.5) is 5.69 Å². The number of nitrogens with zero attached hydrogens (tertiary/aromatic N) is 5. The number of nitro groups is 1. The van der Waals surface area contributed by atoms with Crippen LogP contribution < -0.4 is 0 Å². The van der Waals surface area contributed by atoms with Crippen LogP contribution in [0.3, 0.4) is 0 Å². The van der Waals surface area contributed by atoms with E-state index in [1.54, 1.807) is 28.2 Å². The van der Waals surface area contributed by atoms with Gasteiger partial charge in [0.1, 0.15) is 16.2 Å². The maximum Gasteiger partial charge on any atom is 0.269 e. The van der Waals surface area contributed by atoms with Crippen LogP contribution in [0.15, 0.2) is 72.8 Å². The molecule has 7 nitrogen and oxygen atoms in total. The molecule has 5 rings (SSSR count). The van der Waals surface area contributed by atoms with Gasteiger partial charge in [-0.05, 0) is 48.0 Å². The van der Waals surface area contributed by atoms with Crippen molar-refractivity contribution < 1.29 is 4.92 Å². The summed E-state index contributed by atoms with van der Waals surface area (Å²) in [7, 11) is 0. The maximum absolute atomic E-state index is 10.9. The number of aromatic nitrogens is 4. The predicted molar refractivity (Wildman–Crippen MR) is 114 cm³/mol. The minimum absolute atomic E-state index is 0.0508. The molecule has 0 N–H and O–H groups in total. The molecule has 0 spiro atoms. The fraction of sp³-hybridized carbons (Fsp3) is 0. The van der Waals surface area contributed by atoms with E-state index in [1.165, 1.54) is 12.1 Å². The number of thiazole rings is 1. The van der Waals surface area contributed by atoms with Crippen LogP contribution in [-0.4, -0.2) is 24.9 Å². The minimum Gasteiger partial charge on any atom is -0.258 e. The summed E-state index contributed by atoms with van der Waals surface area (Å²) >= 11 is 1.56. The Hall–Kier alpha value is -3.91. The van der Waals surface area contributed by atoms with Gasteiger partial charge in [0.05, 0.1) is 20.7 Å². The first-order chi connectivity index (χ1) is 14.2. The monoisotopic (exact) mass is 399 g/mol. The number of hydrogen-bond donors (Lipinski definition) is 0. The van der Waals surface area contributed by atoms with Crippen molar-refractivity contribution in [1.82, 2.24) is 20.0 Å². The SMILES string of the molecule is O=[N+]([O-])c1ccc(/C=C(\c2nc3ccccc3s2)n2nnc3ccccc32)cc1. The first-order valence-corrected chi connectivity index (χ1v) is 9.63. The standard InChI is InChI=1S/C21H13N5O2S/c27-26(28)15-11-9-14(10-12-15)13-19(21-22-17-6-2-4-8-20(17)29-21)25-18-7-3-1-5-16(18)23-24-25/h1-13H/b19-13+. The average molecular weight is 399 g/mol. The molecule has 140 valence electrons. The Balaban J connectivity index is 1.71. The molecule has 0 bridgehead atoms. The number of non-ortho nitro benzene ring substituents is 1. The molecule has 0 atom stereocenters. The quantitative estimate of drug-likeness (QED) is 0.314. The summed E-state index contributed by atoms with van der Waals surface area (Å²) in [6.07, 6.45) is 1.92. The average Bonchev–Trinajstić information content (AvgIpc) is 3.36. The van der Waals surface area contributed by atoms with Crippen molar-refractivity contribution in [2.24, 2.45) is 0 Å². The number of benzene rings is 3. The lowest BCUT2D eigenvalue weighted by Crippen LogP contribution is -2.01. The van der Waals surface area contributed by atoms with E-state index >= 15 is 0 Å². The highest BCUT2D eigenvalue weighted by molar-refractivity contribution is 7.19. The van der Waals surface area contributed by atoms with Crippen LogP contribution in [0, 0.1) is 10.1 Å². The second kappa shape index (κ2) is 6.92. The molecule has 0 fully saturated rings. The van der Waals surface area contributed by atoms with E-state index in [9.17, 15) is 10.1 Å². The van der Waals surface area contributed by atoms with Gasteiger partial charge < -0.3 is 0 Å². The Kier molecular flexibility index (Phi) is 4.10. The van der Waals surface area contributed by atoms with Gasteiger partial charge in [-0.1, -0.05) is 29.5 Å². The lowest BCUT2D eigenvalue weighted by molar-refractivity contribution is -0.384. The zero-order chi connectivity index (χ0) is 19.8. The van der Waals surface area contributed by atoms with Crippen LogP contribution in [0.25, 0.3) is 33.0 Å². The van der Waals surface area contributed by atoms with Crippen LogP contribution in [0.1, 0.15) is 10.6 Å². The van der Waals surface area contributed by atoms with Gasteiger partial charge in [0.15, 0.2) is 0 Å². The Labute approximate surface area is 168 Å². The second-order valence-corrected chi connectivity index (χ2v) is 7.39. The molecular formula is C21H13N5O2S. The van der Waals surface area contributed by atoms with Gasteiger partial charge in [0, 0.05) is 12.1 Å². The molecular weight excluding hydrogens is 386 g/mol. The second-order valence-electron chi connectivity index (χ2n) is 6.35. The number of hydrogen-bond acceptors (Lipinski definition) is 6. The number of para-hydroxylation sites is 2. The first-order valence-electron chi connectivity index (χ1n) is 8.82. The van der Waals surface area contributed by atoms with Gasteiger partial charge in [-0.25, -0.2) is 9.67 Å². The molecule has 2 aromatic heterocycles.